The highest BCUT2D eigenvalue weighted by Gasteiger charge is 2.28. The first-order valence-corrected chi connectivity index (χ1v) is 7.26. The van der Waals surface area contributed by atoms with Crippen LogP contribution in [-0.4, -0.2) is 17.5 Å². The van der Waals surface area contributed by atoms with E-state index in [1.54, 1.807) is 51.1 Å². The normalized spacial score (nSPS) is 11.1. The largest absolute Gasteiger partial charge is 0.461 e. The van der Waals surface area contributed by atoms with Crippen molar-refractivity contribution < 1.29 is 13.9 Å². The number of nitrogens with two attached hydrogens (primary N) is 1. The predicted octanol–water partition coefficient (Wildman–Crippen LogP) is 3.51. The maximum absolute atomic E-state index is 12.6. The molecule has 6 heteroatoms. The van der Waals surface area contributed by atoms with Crippen LogP contribution in [0.3, 0.4) is 0 Å². The van der Waals surface area contributed by atoms with Gasteiger partial charge in [0.2, 0.25) is 0 Å². The van der Waals surface area contributed by atoms with Gasteiger partial charge in [-0.2, -0.15) is 0 Å². The van der Waals surface area contributed by atoms with Crippen LogP contribution in [-0.2, 0) is 11.3 Å². The molecule has 0 saturated heterocycles. The van der Waals surface area contributed by atoms with E-state index in [2.05, 4.69) is 0 Å². The smallest absolute Gasteiger partial charge is 0.420 e. The Morgan fingerprint density at radius 2 is 2.04 bits per heavy atom. The van der Waals surface area contributed by atoms with E-state index in [9.17, 15) is 4.79 Å². The average molecular weight is 315 g/mol. The predicted molar refractivity (Wildman–Crippen MR) is 88.6 cm³/mol. The number of ether oxygens (including phenoxy) is 1. The van der Waals surface area contributed by atoms with Gasteiger partial charge in [-0.15, -0.1) is 0 Å². The fourth-order valence-corrected chi connectivity index (χ4v) is 1.98. The van der Waals surface area contributed by atoms with E-state index >= 15 is 0 Å². The second kappa shape index (κ2) is 6.66. The average Bonchev–Trinajstić information content (AvgIpc) is 3.00. The van der Waals surface area contributed by atoms with Gasteiger partial charge in [-0.05, 0) is 50.6 Å². The quantitative estimate of drug-likeness (QED) is 0.669. The monoisotopic (exact) mass is 315 g/mol. The fraction of sp³-hybridized carbons (Fsp3) is 0.294. The fourth-order valence-electron chi connectivity index (χ4n) is 1.98. The van der Waals surface area contributed by atoms with Crippen LogP contribution in [0.2, 0.25) is 0 Å². The Kier molecular flexibility index (Phi) is 4.86. The number of rotatable bonds is 3. The number of carbonyl (C=O) groups is 1. The lowest BCUT2D eigenvalue weighted by molar-refractivity contribution is 0.0603. The molecular formula is C17H21N3O3. The van der Waals surface area contributed by atoms with Gasteiger partial charge < -0.3 is 14.9 Å². The van der Waals surface area contributed by atoms with Gasteiger partial charge in [0.1, 0.15) is 5.60 Å². The van der Waals surface area contributed by atoms with Gasteiger partial charge in [0, 0.05) is 6.54 Å². The Balaban J connectivity index is 2.42. The first-order chi connectivity index (χ1) is 10.8. The molecule has 1 amide bonds. The highest BCUT2D eigenvalue weighted by Crippen LogP contribution is 2.22. The summed E-state index contributed by atoms with van der Waals surface area (Å²) in [5.74, 6) is 0.174. The third-order valence-electron chi connectivity index (χ3n) is 2.96. The number of nitrogens with zero attached hydrogens (tertiary/aromatic N) is 1. The Morgan fingerprint density at radius 3 is 2.61 bits per heavy atom. The van der Waals surface area contributed by atoms with Crippen molar-refractivity contribution in [3.05, 3.63) is 54.0 Å². The van der Waals surface area contributed by atoms with Crippen LogP contribution < -0.4 is 10.6 Å². The lowest BCUT2D eigenvalue weighted by Crippen LogP contribution is -2.41. The molecule has 1 aromatic carbocycles. The summed E-state index contributed by atoms with van der Waals surface area (Å²) in [7, 11) is 0. The van der Waals surface area contributed by atoms with Gasteiger partial charge in [-0.3, -0.25) is 5.41 Å². The molecule has 2 aromatic rings. The highest BCUT2D eigenvalue weighted by atomic mass is 16.6. The van der Waals surface area contributed by atoms with E-state index in [1.807, 2.05) is 6.07 Å². The zero-order valence-electron chi connectivity index (χ0n) is 13.5. The van der Waals surface area contributed by atoms with Crippen molar-refractivity contribution in [2.75, 3.05) is 4.90 Å². The molecule has 1 heterocycles. The summed E-state index contributed by atoms with van der Waals surface area (Å²) in [5.41, 5.74) is 6.34. The zero-order valence-corrected chi connectivity index (χ0v) is 13.5. The minimum Gasteiger partial charge on any atom is -0.461 e. The summed E-state index contributed by atoms with van der Waals surface area (Å²) in [5, 5.41) is 8.31. The molecule has 0 radical (unpaired) electrons. The number of benzene rings is 1. The first kappa shape index (κ1) is 16.8. The summed E-state index contributed by atoms with van der Waals surface area (Å²) >= 11 is 0. The van der Waals surface area contributed by atoms with Crippen LogP contribution in [0.25, 0.3) is 0 Å². The Bertz CT molecular complexity index is 687. The van der Waals surface area contributed by atoms with Crippen molar-refractivity contribution in [1.82, 2.24) is 0 Å². The van der Waals surface area contributed by atoms with E-state index < -0.39 is 11.7 Å². The molecule has 0 saturated carbocycles. The second-order valence-corrected chi connectivity index (χ2v) is 6.02. The number of carbonyl (C=O) groups excluding carboxylic acids is 1. The molecule has 0 aliphatic heterocycles. The van der Waals surface area contributed by atoms with Gasteiger partial charge in [0.15, 0.2) is 11.6 Å². The Labute approximate surface area is 135 Å². The maximum Gasteiger partial charge on any atom is 0.420 e. The van der Waals surface area contributed by atoms with Gasteiger partial charge >= 0.3 is 6.09 Å². The van der Waals surface area contributed by atoms with E-state index in [4.69, 9.17) is 20.3 Å². The summed E-state index contributed by atoms with van der Waals surface area (Å²) in [6.07, 6.45) is 0.807. The van der Waals surface area contributed by atoms with Crippen molar-refractivity contribution in [3.8, 4) is 0 Å². The summed E-state index contributed by atoms with van der Waals surface area (Å²) in [6.45, 7) is 5.66. The van der Waals surface area contributed by atoms with E-state index in [0.717, 1.165) is 5.56 Å². The second-order valence-electron chi connectivity index (χ2n) is 6.02. The maximum atomic E-state index is 12.6. The minimum absolute atomic E-state index is 0.0987. The molecule has 0 fully saturated rings. The van der Waals surface area contributed by atoms with Crippen LogP contribution in [0.15, 0.2) is 47.1 Å². The number of nitrogens with one attached hydrogen (secondary N) is 1. The van der Waals surface area contributed by atoms with Crippen molar-refractivity contribution in [1.29, 1.82) is 5.41 Å². The standard InChI is InChI=1S/C17H21N3O3/c1-17(2,3)23-16(21)20(15(19)14-8-5-9-22-14)13-7-4-6-12(10-13)11-18/h4-10,19H,11,18H2,1-3H3. The molecule has 6 nitrogen and oxygen atoms in total. The SMILES string of the molecule is CC(C)(C)OC(=O)N(C(=N)c1ccco1)c1cccc(CN)c1. The molecule has 23 heavy (non-hydrogen) atoms. The number of amides is 1. The van der Waals surface area contributed by atoms with Gasteiger partial charge in [0.05, 0.1) is 12.0 Å². The molecule has 2 rings (SSSR count). The molecule has 3 N–H and O–H groups in total. The molecule has 0 unspecified atom stereocenters. The van der Waals surface area contributed by atoms with Crippen molar-refractivity contribution in [2.45, 2.75) is 32.9 Å². The topological polar surface area (TPSA) is 92.5 Å². The minimum atomic E-state index is -0.676. The lowest BCUT2D eigenvalue weighted by Gasteiger charge is -2.27. The molecule has 122 valence electrons. The molecule has 1 aromatic heterocycles. The van der Waals surface area contributed by atoms with Gasteiger partial charge in [-0.1, -0.05) is 12.1 Å². The third-order valence-corrected chi connectivity index (χ3v) is 2.96. The van der Waals surface area contributed by atoms with Crippen LogP contribution in [0, 0.1) is 5.41 Å². The van der Waals surface area contributed by atoms with E-state index in [0.29, 0.717) is 12.2 Å². The summed E-state index contributed by atoms with van der Waals surface area (Å²) in [4.78, 5) is 13.8. The number of hydrogen-bond acceptors (Lipinski definition) is 5. The van der Waals surface area contributed by atoms with E-state index in [1.165, 1.54) is 11.2 Å². The summed E-state index contributed by atoms with van der Waals surface area (Å²) in [6, 6.07) is 10.4. The van der Waals surface area contributed by atoms with Crippen LogP contribution in [0.4, 0.5) is 10.5 Å². The zero-order chi connectivity index (χ0) is 17.0. The highest BCUT2D eigenvalue weighted by molar-refractivity contribution is 6.19. The lowest BCUT2D eigenvalue weighted by atomic mass is 10.2. The number of furan rings is 1. The summed E-state index contributed by atoms with van der Waals surface area (Å²) < 4.78 is 10.7. The molecule has 0 aliphatic carbocycles. The molecule has 0 spiro atoms. The molecule has 0 bridgehead atoms. The van der Waals surface area contributed by atoms with Crippen molar-refractivity contribution in [3.63, 3.8) is 0 Å². The molecule has 0 aliphatic rings. The number of amidine groups is 1. The number of hydrogen-bond donors (Lipinski definition) is 2. The molecular weight excluding hydrogens is 294 g/mol. The molecule has 0 atom stereocenters. The third kappa shape index (κ3) is 4.20. The first-order valence-electron chi connectivity index (χ1n) is 7.26. The van der Waals surface area contributed by atoms with Crippen molar-refractivity contribution >= 4 is 17.6 Å². The Hall–Kier alpha value is -2.60. The van der Waals surface area contributed by atoms with Crippen LogP contribution >= 0.6 is 0 Å². The van der Waals surface area contributed by atoms with Crippen LogP contribution in [0.1, 0.15) is 32.1 Å². The Morgan fingerprint density at radius 1 is 1.30 bits per heavy atom. The van der Waals surface area contributed by atoms with Gasteiger partial charge in [0.25, 0.3) is 0 Å². The van der Waals surface area contributed by atoms with Gasteiger partial charge in [-0.25, -0.2) is 9.69 Å². The van der Waals surface area contributed by atoms with Crippen molar-refractivity contribution in [2.24, 2.45) is 5.73 Å². The number of anilines is 1. The van der Waals surface area contributed by atoms with E-state index in [-0.39, 0.29) is 11.6 Å². The van der Waals surface area contributed by atoms with Crippen LogP contribution in [0.5, 0.6) is 0 Å².